The third kappa shape index (κ3) is 1.93. The van der Waals surface area contributed by atoms with E-state index in [0.717, 1.165) is 39.5 Å². The summed E-state index contributed by atoms with van der Waals surface area (Å²) in [7, 11) is 1.68. The first-order valence-electron chi connectivity index (χ1n) is 6.35. The van der Waals surface area contributed by atoms with Crippen LogP contribution >= 0.6 is 0 Å². The van der Waals surface area contributed by atoms with E-state index in [0.29, 0.717) is 6.61 Å². The predicted molar refractivity (Wildman–Crippen MR) is 74.1 cm³/mol. The molecule has 0 spiro atoms. The van der Waals surface area contributed by atoms with Crippen LogP contribution in [0.25, 0.3) is 21.9 Å². The SMILES string of the molecule is COCc1c2ccoc2c(C[C@@H](C)N)c2ccoc12. The highest BCUT2D eigenvalue weighted by atomic mass is 16.5. The third-order valence-electron chi connectivity index (χ3n) is 3.34. The molecular weight excluding hydrogens is 242 g/mol. The summed E-state index contributed by atoms with van der Waals surface area (Å²) < 4.78 is 16.6. The van der Waals surface area contributed by atoms with Gasteiger partial charge in [0.15, 0.2) is 0 Å². The van der Waals surface area contributed by atoms with E-state index in [2.05, 4.69) is 0 Å². The molecule has 0 aliphatic heterocycles. The Bertz CT molecular complexity index is 657. The second-order valence-electron chi connectivity index (χ2n) is 4.90. The van der Waals surface area contributed by atoms with Crippen molar-refractivity contribution >= 4 is 21.9 Å². The van der Waals surface area contributed by atoms with Crippen molar-refractivity contribution in [3.63, 3.8) is 0 Å². The lowest BCUT2D eigenvalue weighted by Crippen LogP contribution is -2.18. The number of ether oxygens (including phenoxy) is 1. The summed E-state index contributed by atoms with van der Waals surface area (Å²) in [6.45, 7) is 2.49. The quantitative estimate of drug-likeness (QED) is 0.781. The fourth-order valence-corrected chi connectivity index (χ4v) is 2.62. The van der Waals surface area contributed by atoms with Gasteiger partial charge in [-0.1, -0.05) is 0 Å². The van der Waals surface area contributed by atoms with Gasteiger partial charge in [0.05, 0.1) is 19.1 Å². The Hall–Kier alpha value is -1.78. The lowest BCUT2D eigenvalue weighted by molar-refractivity contribution is 0.186. The maximum absolute atomic E-state index is 5.94. The maximum Gasteiger partial charge on any atom is 0.140 e. The zero-order valence-electron chi connectivity index (χ0n) is 11.1. The molecule has 1 atom stereocenters. The minimum Gasteiger partial charge on any atom is -0.464 e. The molecule has 2 heterocycles. The van der Waals surface area contributed by atoms with Gasteiger partial charge in [-0.3, -0.25) is 0 Å². The van der Waals surface area contributed by atoms with E-state index in [9.17, 15) is 0 Å². The zero-order valence-corrected chi connectivity index (χ0v) is 11.1. The first kappa shape index (κ1) is 12.3. The van der Waals surface area contributed by atoms with Crippen molar-refractivity contribution in [3.8, 4) is 0 Å². The normalized spacial score (nSPS) is 13.4. The molecule has 4 heteroatoms. The van der Waals surface area contributed by atoms with Crippen molar-refractivity contribution in [2.75, 3.05) is 7.11 Å². The highest BCUT2D eigenvalue weighted by Crippen LogP contribution is 2.35. The second-order valence-corrected chi connectivity index (χ2v) is 4.90. The molecule has 0 aliphatic carbocycles. The number of hydrogen-bond donors (Lipinski definition) is 1. The van der Waals surface area contributed by atoms with Gasteiger partial charge in [-0.2, -0.15) is 0 Å². The molecule has 0 bridgehead atoms. The molecule has 1 aromatic carbocycles. The number of furan rings is 2. The van der Waals surface area contributed by atoms with E-state index in [1.807, 2.05) is 19.1 Å². The molecular formula is C15H17NO3. The maximum atomic E-state index is 5.94. The van der Waals surface area contributed by atoms with Gasteiger partial charge < -0.3 is 19.3 Å². The van der Waals surface area contributed by atoms with Gasteiger partial charge in [-0.25, -0.2) is 0 Å². The minimum absolute atomic E-state index is 0.0691. The van der Waals surface area contributed by atoms with Crippen LogP contribution < -0.4 is 5.73 Å². The Morgan fingerprint density at radius 2 is 1.68 bits per heavy atom. The highest BCUT2D eigenvalue weighted by molar-refractivity contribution is 6.01. The Morgan fingerprint density at radius 3 is 2.26 bits per heavy atom. The second kappa shape index (κ2) is 4.72. The number of rotatable bonds is 4. The average Bonchev–Trinajstić information content (AvgIpc) is 3.01. The first-order chi connectivity index (χ1) is 9.22. The van der Waals surface area contributed by atoms with Crippen molar-refractivity contribution in [1.29, 1.82) is 0 Å². The van der Waals surface area contributed by atoms with Gasteiger partial charge >= 0.3 is 0 Å². The molecule has 0 saturated carbocycles. The van der Waals surface area contributed by atoms with Gasteiger partial charge in [-0.15, -0.1) is 0 Å². The molecule has 2 aromatic heterocycles. The molecule has 4 nitrogen and oxygen atoms in total. The summed E-state index contributed by atoms with van der Waals surface area (Å²) in [5.41, 5.74) is 9.84. The summed E-state index contributed by atoms with van der Waals surface area (Å²) in [6.07, 6.45) is 4.16. The summed E-state index contributed by atoms with van der Waals surface area (Å²) in [5, 5.41) is 2.10. The van der Waals surface area contributed by atoms with Crippen LogP contribution in [-0.4, -0.2) is 13.2 Å². The molecule has 0 aliphatic rings. The van der Waals surface area contributed by atoms with Crippen LogP contribution in [0.5, 0.6) is 0 Å². The van der Waals surface area contributed by atoms with Crippen molar-refractivity contribution in [2.24, 2.45) is 5.73 Å². The first-order valence-corrected chi connectivity index (χ1v) is 6.35. The zero-order chi connectivity index (χ0) is 13.4. The molecule has 0 amide bonds. The lowest BCUT2D eigenvalue weighted by atomic mass is 9.97. The summed E-state index contributed by atoms with van der Waals surface area (Å²) in [5.74, 6) is 0. The molecule has 19 heavy (non-hydrogen) atoms. The largest absolute Gasteiger partial charge is 0.464 e. The van der Waals surface area contributed by atoms with Crippen molar-refractivity contribution in [1.82, 2.24) is 0 Å². The van der Waals surface area contributed by atoms with Gasteiger partial charge in [-0.05, 0) is 25.5 Å². The van der Waals surface area contributed by atoms with Crippen LogP contribution in [-0.2, 0) is 17.8 Å². The molecule has 0 radical (unpaired) electrons. The van der Waals surface area contributed by atoms with Gasteiger partial charge in [0.1, 0.15) is 11.2 Å². The Morgan fingerprint density at radius 1 is 1.11 bits per heavy atom. The fourth-order valence-electron chi connectivity index (χ4n) is 2.62. The Kier molecular flexibility index (Phi) is 3.05. The highest BCUT2D eigenvalue weighted by Gasteiger charge is 2.19. The number of benzene rings is 1. The van der Waals surface area contributed by atoms with Crippen molar-refractivity contribution in [3.05, 3.63) is 35.8 Å². The van der Waals surface area contributed by atoms with Crippen LogP contribution in [0.2, 0.25) is 0 Å². The Labute approximate surface area is 111 Å². The van der Waals surface area contributed by atoms with Crippen LogP contribution in [0, 0.1) is 0 Å². The number of nitrogens with two attached hydrogens (primary N) is 1. The number of methoxy groups -OCH3 is 1. The minimum atomic E-state index is 0.0691. The van der Waals surface area contributed by atoms with E-state index >= 15 is 0 Å². The molecule has 0 saturated heterocycles. The molecule has 3 aromatic rings. The summed E-state index contributed by atoms with van der Waals surface area (Å²) >= 11 is 0. The average molecular weight is 259 g/mol. The van der Waals surface area contributed by atoms with E-state index in [-0.39, 0.29) is 6.04 Å². The van der Waals surface area contributed by atoms with Crippen LogP contribution in [0.15, 0.2) is 33.5 Å². The van der Waals surface area contributed by atoms with Gasteiger partial charge in [0.2, 0.25) is 0 Å². The Balaban J connectivity index is 2.36. The topological polar surface area (TPSA) is 61.5 Å². The summed E-state index contributed by atoms with van der Waals surface area (Å²) in [4.78, 5) is 0. The van der Waals surface area contributed by atoms with E-state index in [4.69, 9.17) is 19.3 Å². The molecule has 2 N–H and O–H groups in total. The van der Waals surface area contributed by atoms with Crippen LogP contribution in [0.4, 0.5) is 0 Å². The molecule has 100 valence electrons. The van der Waals surface area contributed by atoms with Crippen molar-refractivity contribution < 1.29 is 13.6 Å². The van der Waals surface area contributed by atoms with Crippen molar-refractivity contribution in [2.45, 2.75) is 26.0 Å². The van der Waals surface area contributed by atoms with Crippen LogP contribution in [0.3, 0.4) is 0 Å². The van der Waals surface area contributed by atoms with Gasteiger partial charge in [0, 0.05) is 35.1 Å². The molecule has 0 fully saturated rings. The predicted octanol–water partition coefficient (Wildman–Crippen LogP) is 3.22. The van der Waals surface area contributed by atoms with Gasteiger partial charge in [0.25, 0.3) is 0 Å². The number of hydrogen-bond acceptors (Lipinski definition) is 4. The molecule has 3 rings (SSSR count). The molecule has 0 unspecified atom stereocenters. The smallest absolute Gasteiger partial charge is 0.140 e. The van der Waals surface area contributed by atoms with E-state index in [1.54, 1.807) is 19.6 Å². The van der Waals surface area contributed by atoms with E-state index < -0.39 is 0 Å². The summed E-state index contributed by atoms with van der Waals surface area (Å²) in [6, 6.07) is 3.99. The van der Waals surface area contributed by atoms with E-state index in [1.165, 1.54) is 0 Å². The lowest BCUT2D eigenvalue weighted by Gasteiger charge is -2.10. The standard InChI is InChI=1S/C15H17NO3/c1-9(16)7-12-10-3-5-19-15(10)13(8-17-2)11-4-6-18-14(11)12/h3-6,9H,7-8,16H2,1-2H3/t9-/m1/s1. The number of fused-ring (bicyclic) bond motifs is 2. The fraction of sp³-hybridized carbons (Fsp3) is 0.333. The monoisotopic (exact) mass is 259 g/mol. The third-order valence-corrected chi connectivity index (χ3v) is 3.34. The van der Waals surface area contributed by atoms with Crippen LogP contribution in [0.1, 0.15) is 18.1 Å².